The Kier molecular flexibility index (Phi) is 2.70. The molecule has 2 heterocycles. The molecule has 96 valence electrons. The quantitative estimate of drug-likeness (QED) is 0.748. The van der Waals surface area contributed by atoms with Crippen LogP contribution >= 0.6 is 15.9 Å². The van der Waals surface area contributed by atoms with E-state index in [9.17, 15) is 13.6 Å². The molecule has 0 bridgehead atoms. The van der Waals surface area contributed by atoms with Gasteiger partial charge in [0.15, 0.2) is 5.82 Å². The lowest BCUT2D eigenvalue weighted by atomic mass is 10.3. The zero-order chi connectivity index (χ0) is 13.6. The minimum absolute atomic E-state index is 0.0642. The second-order valence-corrected chi connectivity index (χ2v) is 4.76. The van der Waals surface area contributed by atoms with Crippen molar-refractivity contribution in [3.63, 3.8) is 0 Å². The Balaban J connectivity index is 2.31. The number of aromatic amines is 1. The van der Waals surface area contributed by atoms with Gasteiger partial charge in [0.05, 0.1) is 10.7 Å². The molecule has 0 unspecified atom stereocenters. The van der Waals surface area contributed by atoms with Crippen LogP contribution in [0.4, 0.5) is 8.78 Å². The fourth-order valence-electron chi connectivity index (χ4n) is 1.80. The number of benzene rings is 1. The summed E-state index contributed by atoms with van der Waals surface area (Å²) in [6.07, 6.45) is 1.48. The summed E-state index contributed by atoms with van der Waals surface area (Å²) >= 11 is 3.10. The van der Waals surface area contributed by atoms with Gasteiger partial charge in [-0.05, 0) is 34.1 Å². The monoisotopic (exact) mass is 325 g/mol. The van der Waals surface area contributed by atoms with Crippen LogP contribution in [0, 0.1) is 11.6 Å². The number of nitrogens with one attached hydrogen (secondary N) is 1. The highest BCUT2D eigenvalue weighted by Gasteiger charge is 2.12. The average molecular weight is 326 g/mol. The van der Waals surface area contributed by atoms with E-state index < -0.39 is 11.6 Å². The highest BCUT2D eigenvalue weighted by molar-refractivity contribution is 9.10. The van der Waals surface area contributed by atoms with Crippen molar-refractivity contribution >= 4 is 27.0 Å². The zero-order valence-electron chi connectivity index (χ0n) is 9.32. The maximum atomic E-state index is 13.7. The SMILES string of the molecule is O=c1[nH]c2c(cnn2-c2ccc(F)cc2F)cc1Br. The van der Waals surface area contributed by atoms with E-state index in [0.717, 1.165) is 12.1 Å². The van der Waals surface area contributed by atoms with Crippen LogP contribution in [0.15, 0.2) is 39.7 Å². The summed E-state index contributed by atoms with van der Waals surface area (Å²) < 4.78 is 28.2. The highest BCUT2D eigenvalue weighted by atomic mass is 79.9. The van der Waals surface area contributed by atoms with Crippen molar-refractivity contribution in [1.82, 2.24) is 14.8 Å². The standard InChI is InChI=1S/C12H6BrF2N3O/c13-8-3-6-5-16-18(11(6)17-12(8)19)10-2-1-7(14)4-9(10)15/h1-5H,(H,17,19). The number of pyridine rings is 1. The molecular formula is C12H6BrF2N3O. The third-order valence-corrected chi connectivity index (χ3v) is 3.26. The van der Waals surface area contributed by atoms with E-state index in [1.54, 1.807) is 6.07 Å². The normalized spacial score (nSPS) is 11.1. The molecule has 0 aliphatic carbocycles. The first-order valence-corrected chi connectivity index (χ1v) is 6.07. The first kappa shape index (κ1) is 12.0. The number of rotatable bonds is 1. The number of halogens is 3. The van der Waals surface area contributed by atoms with Crippen molar-refractivity contribution in [3.05, 3.63) is 56.9 Å². The molecule has 0 aliphatic rings. The Labute approximate surface area is 113 Å². The Morgan fingerprint density at radius 3 is 2.79 bits per heavy atom. The molecule has 0 fully saturated rings. The maximum Gasteiger partial charge on any atom is 0.263 e. The zero-order valence-corrected chi connectivity index (χ0v) is 10.9. The maximum absolute atomic E-state index is 13.7. The van der Waals surface area contributed by atoms with E-state index in [1.807, 2.05) is 0 Å². The van der Waals surface area contributed by atoms with E-state index in [0.29, 0.717) is 15.5 Å². The molecule has 3 rings (SSSR count). The molecule has 1 aromatic carbocycles. The van der Waals surface area contributed by atoms with Crippen molar-refractivity contribution in [2.75, 3.05) is 0 Å². The third-order valence-electron chi connectivity index (χ3n) is 2.67. The molecule has 1 N–H and O–H groups in total. The number of hydrogen-bond donors (Lipinski definition) is 1. The van der Waals surface area contributed by atoms with Gasteiger partial charge in [-0.2, -0.15) is 5.10 Å². The molecule has 3 aromatic rings. The number of aromatic nitrogens is 3. The summed E-state index contributed by atoms with van der Waals surface area (Å²) in [5, 5.41) is 4.64. The summed E-state index contributed by atoms with van der Waals surface area (Å²) in [4.78, 5) is 14.1. The van der Waals surface area contributed by atoms with E-state index in [-0.39, 0.29) is 11.2 Å². The second kappa shape index (κ2) is 4.27. The van der Waals surface area contributed by atoms with Crippen LogP contribution in [0.3, 0.4) is 0 Å². The minimum atomic E-state index is -0.756. The Hall–Kier alpha value is -2.02. The van der Waals surface area contributed by atoms with Gasteiger partial charge >= 0.3 is 0 Å². The summed E-state index contributed by atoms with van der Waals surface area (Å²) in [6, 6.07) is 4.74. The number of hydrogen-bond acceptors (Lipinski definition) is 2. The first-order chi connectivity index (χ1) is 9.06. The Morgan fingerprint density at radius 1 is 1.26 bits per heavy atom. The average Bonchev–Trinajstić information content (AvgIpc) is 2.73. The molecule has 0 saturated heterocycles. The van der Waals surface area contributed by atoms with Crippen molar-refractivity contribution in [2.24, 2.45) is 0 Å². The Morgan fingerprint density at radius 2 is 2.05 bits per heavy atom. The van der Waals surface area contributed by atoms with E-state index in [2.05, 4.69) is 26.0 Å². The van der Waals surface area contributed by atoms with Crippen molar-refractivity contribution < 1.29 is 8.78 Å². The first-order valence-electron chi connectivity index (χ1n) is 5.28. The van der Waals surface area contributed by atoms with Gasteiger partial charge in [-0.15, -0.1) is 0 Å². The summed E-state index contributed by atoms with van der Waals surface area (Å²) in [5.41, 5.74) is 0.0600. The van der Waals surface area contributed by atoms with Crippen LogP contribution in [0.25, 0.3) is 16.7 Å². The van der Waals surface area contributed by atoms with Crippen LogP contribution in [0.5, 0.6) is 0 Å². The van der Waals surface area contributed by atoms with Gasteiger partial charge in [-0.3, -0.25) is 4.79 Å². The van der Waals surface area contributed by atoms with Gasteiger partial charge in [0, 0.05) is 11.5 Å². The van der Waals surface area contributed by atoms with Crippen LogP contribution < -0.4 is 5.56 Å². The Bertz CT molecular complexity index is 841. The van der Waals surface area contributed by atoms with Crippen molar-refractivity contribution in [3.8, 4) is 5.69 Å². The fourth-order valence-corrected chi connectivity index (χ4v) is 2.14. The lowest BCUT2D eigenvalue weighted by Crippen LogP contribution is -2.09. The molecule has 7 heteroatoms. The van der Waals surface area contributed by atoms with Crippen LogP contribution in [0.2, 0.25) is 0 Å². The molecule has 0 saturated carbocycles. The molecule has 0 atom stereocenters. The largest absolute Gasteiger partial charge is 0.305 e. The summed E-state index contributed by atoms with van der Waals surface area (Å²) in [5.74, 6) is -1.43. The minimum Gasteiger partial charge on any atom is -0.305 e. The molecular weight excluding hydrogens is 320 g/mol. The van der Waals surface area contributed by atoms with Gasteiger partial charge in [0.25, 0.3) is 5.56 Å². The van der Waals surface area contributed by atoms with Gasteiger partial charge in [-0.25, -0.2) is 13.5 Å². The molecule has 0 aliphatic heterocycles. The highest BCUT2D eigenvalue weighted by Crippen LogP contribution is 2.20. The van der Waals surface area contributed by atoms with Crippen LogP contribution in [-0.2, 0) is 0 Å². The number of fused-ring (bicyclic) bond motifs is 1. The van der Waals surface area contributed by atoms with Gasteiger partial charge in [0.1, 0.15) is 17.2 Å². The fraction of sp³-hybridized carbons (Fsp3) is 0. The third kappa shape index (κ3) is 1.95. The number of H-pyrrole nitrogens is 1. The molecule has 0 spiro atoms. The molecule has 0 radical (unpaired) electrons. The second-order valence-electron chi connectivity index (χ2n) is 3.90. The predicted molar refractivity (Wildman–Crippen MR) is 69.3 cm³/mol. The van der Waals surface area contributed by atoms with Gasteiger partial charge in [-0.1, -0.05) is 0 Å². The van der Waals surface area contributed by atoms with Crippen molar-refractivity contribution in [2.45, 2.75) is 0 Å². The van der Waals surface area contributed by atoms with Gasteiger partial charge < -0.3 is 4.98 Å². The van der Waals surface area contributed by atoms with Gasteiger partial charge in [0.2, 0.25) is 0 Å². The summed E-state index contributed by atoms with van der Waals surface area (Å²) in [6.45, 7) is 0. The molecule has 2 aromatic heterocycles. The lowest BCUT2D eigenvalue weighted by molar-refractivity contribution is 0.574. The van der Waals surface area contributed by atoms with E-state index in [4.69, 9.17) is 0 Å². The van der Waals surface area contributed by atoms with Crippen molar-refractivity contribution in [1.29, 1.82) is 0 Å². The van der Waals surface area contributed by atoms with Crippen LogP contribution in [0.1, 0.15) is 0 Å². The smallest absolute Gasteiger partial charge is 0.263 e. The van der Waals surface area contributed by atoms with Crippen LogP contribution in [-0.4, -0.2) is 14.8 Å². The summed E-state index contributed by atoms with van der Waals surface area (Å²) in [7, 11) is 0. The molecule has 4 nitrogen and oxygen atoms in total. The molecule has 19 heavy (non-hydrogen) atoms. The lowest BCUT2D eigenvalue weighted by Gasteiger charge is -2.04. The predicted octanol–water partition coefficient (Wildman–Crippen LogP) is 2.75. The topological polar surface area (TPSA) is 50.7 Å². The molecule has 0 amide bonds. The number of nitrogens with zero attached hydrogens (tertiary/aromatic N) is 2. The van der Waals surface area contributed by atoms with E-state index >= 15 is 0 Å². The van der Waals surface area contributed by atoms with E-state index in [1.165, 1.54) is 16.9 Å².